The lowest BCUT2D eigenvalue weighted by atomic mass is 9.53. The maximum Gasteiger partial charge on any atom is 0.306 e. The summed E-state index contributed by atoms with van der Waals surface area (Å²) in [6.07, 6.45) is 28.0. The van der Waals surface area contributed by atoms with Crippen LogP contribution in [0, 0.1) is 64.1 Å². The van der Waals surface area contributed by atoms with Crippen molar-refractivity contribution in [3.8, 4) is 29.6 Å². The SMILES string of the molecule is C#C[C@]1(O)CC[C@H]2[C@@H]3CCc4cc(O)ccc4[C@H]3CC[C@@]21C.CCCCC(=O)O[C@H]1CC[C@H]2[C@@H]3CCc4cc(O)ccc4[C@H]3CC[C@]12C.C[C@]12CC[C@@H]3c4ccc(O)cc4CC[C@H]3[C@@H]1CC[C@@H]2O. The molecule has 9 aliphatic rings. The van der Waals surface area contributed by atoms with Gasteiger partial charge in [-0.1, -0.05) is 58.2 Å². The van der Waals surface area contributed by atoms with Crippen LogP contribution in [0.5, 0.6) is 17.2 Å². The molecule has 68 heavy (non-hydrogen) atoms. The third kappa shape index (κ3) is 7.99. The van der Waals surface area contributed by atoms with Crippen LogP contribution in [0.4, 0.5) is 0 Å². The number of carbonyl (C=O) groups excluding carboxylic acids is 1. The zero-order valence-electron chi connectivity index (χ0n) is 41.5. The number of aromatic hydroxyl groups is 3. The van der Waals surface area contributed by atoms with Gasteiger partial charge in [-0.3, -0.25) is 4.79 Å². The molecule has 0 aromatic heterocycles. The molecule has 3 aromatic rings. The average Bonchev–Trinajstić information content (AvgIpc) is 3.94. The monoisotopic (exact) mass is 925 g/mol. The van der Waals surface area contributed by atoms with Crippen molar-refractivity contribution in [2.75, 3.05) is 0 Å². The molecule has 0 saturated heterocycles. The van der Waals surface area contributed by atoms with Crippen LogP contribution in [0.25, 0.3) is 0 Å². The molecule has 0 heterocycles. The summed E-state index contributed by atoms with van der Waals surface area (Å²) in [6, 6.07) is 17.8. The van der Waals surface area contributed by atoms with E-state index in [1.54, 1.807) is 0 Å². The maximum absolute atomic E-state index is 12.2. The third-order valence-corrected chi connectivity index (χ3v) is 21.4. The number of ether oxygens (including phenoxy) is 1. The van der Waals surface area contributed by atoms with Crippen LogP contribution in [-0.4, -0.2) is 49.3 Å². The zero-order valence-corrected chi connectivity index (χ0v) is 41.5. The normalized spacial score (nSPS) is 39.9. The lowest BCUT2D eigenvalue weighted by Crippen LogP contribution is -2.50. The van der Waals surface area contributed by atoms with Gasteiger partial charge in [0.15, 0.2) is 0 Å². The molecule has 0 bridgehead atoms. The Hall–Kier alpha value is -3.99. The minimum Gasteiger partial charge on any atom is -0.508 e. The van der Waals surface area contributed by atoms with E-state index in [4.69, 9.17) is 11.2 Å². The van der Waals surface area contributed by atoms with Crippen molar-refractivity contribution in [2.45, 2.75) is 198 Å². The highest BCUT2D eigenvalue weighted by atomic mass is 16.5. The Bertz CT molecular complexity index is 2400. The predicted molar refractivity (Wildman–Crippen MR) is 267 cm³/mol. The van der Waals surface area contributed by atoms with Gasteiger partial charge in [-0.25, -0.2) is 0 Å². The number of hydrogen-bond acceptors (Lipinski definition) is 7. The minimum atomic E-state index is -0.919. The smallest absolute Gasteiger partial charge is 0.306 e. The van der Waals surface area contributed by atoms with Crippen molar-refractivity contribution in [1.82, 2.24) is 0 Å². The first-order valence-electron chi connectivity index (χ1n) is 27.1. The second-order valence-electron chi connectivity index (χ2n) is 24.2. The first kappa shape index (κ1) is 47.7. The highest BCUT2D eigenvalue weighted by molar-refractivity contribution is 5.69. The van der Waals surface area contributed by atoms with Crippen LogP contribution in [-0.2, 0) is 28.8 Å². The summed E-state index contributed by atoms with van der Waals surface area (Å²) >= 11 is 0. The molecule has 6 saturated carbocycles. The third-order valence-electron chi connectivity index (χ3n) is 21.4. The Labute approximate surface area is 406 Å². The van der Waals surface area contributed by atoms with Crippen LogP contribution in [0.15, 0.2) is 54.6 Å². The Morgan fingerprint density at radius 1 is 0.618 bits per heavy atom. The standard InChI is InChI=1S/C23H32O3.C20H24O2.C18H24O2/c1-3-4-5-22(25)26-21-11-10-20-19-8-6-15-14-16(24)7-9-17(15)18(19)12-13-23(20,21)2;1-3-20(22)11-9-18-17-6-4-13-12-14(21)5-7-15(13)16(17)8-10-19(18,20)2;1-18-9-8-14-13-5-3-12(19)10-11(13)2-4-15(14)16(18)6-7-17(18)20/h7,9,14,18-21,24H,3-6,8,10-13H2,1-2H3;1,5,7,12,16-18,21-22H,4,6,8-11H2,2H3;3,5,10,14-17,19-20H,2,4,6-9H2,1H3/t18-,19-,20+,21+,23+;16-,17-,18+,19+,20+;14-,15-,16+,17+,18+/m111/s1. The molecule has 15 atom stereocenters. The lowest BCUT2D eigenvalue weighted by Gasteiger charge is -2.52. The first-order valence-corrected chi connectivity index (χ1v) is 27.1. The number of aliphatic hydroxyl groups is 2. The molecule has 0 spiro atoms. The molecule has 9 aliphatic carbocycles. The van der Waals surface area contributed by atoms with Gasteiger partial charge in [-0.05, 0) is 250 Å². The first-order chi connectivity index (χ1) is 32.6. The number of fused-ring (bicyclic) bond motifs is 15. The van der Waals surface area contributed by atoms with Gasteiger partial charge in [-0.15, -0.1) is 6.42 Å². The molecule has 6 fully saturated rings. The van der Waals surface area contributed by atoms with E-state index in [2.05, 4.69) is 51.8 Å². The number of unbranched alkanes of at least 4 members (excludes halogenated alkanes) is 1. The summed E-state index contributed by atoms with van der Waals surface area (Å²) in [5.41, 5.74) is 7.64. The molecule has 366 valence electrons. The number of esters is 1. The number of phenolic OH excluding ortho intramolecular Hbond substituents is 3. The van der Waals surface area contributed by atoms with Crippen LogP contribution in [0.1, 0.15) is 194 Å². The Kier molecular flexibility index (Phi) is 12.8. The molecular weight excluding hydrogens is 845 g/mol. The fourth-order valence-electron chi connectivity index (χ4n) is 17.6. The van der Waals surface area contributed by atoms with E-state index in [1.165, 1.54) is 71.9 Å². The summed E-state index contributed by atoms with van der Waals surface area (Å²) in [4.78, 5) is 12.2. The number of aryl methyl sites for hydroxylation is 3. The molecule has 0 aliphatic heterocycles. The van der Waals surface area contributed by atoms with Gasteiger partial charge in [0.05, 0.1) is 6.10 Å². The summed E-state index contributed by atoms with van der Waals surface area (Å²) in [7, 11) is 0. The van der Waals surface area contributed by atoms with Gasteiger partial charge in [0, 0.05) is 17.3 Å². The van der Waals surface area contributed by atoms with Crippen molar-refractivity contribution >= 4 is 5.97 Å². The second-order valence-corrected chi connectivity index (χ2v) is 24.2. The number of benzene rings is 3. The van der Waals surface area contributed by atoms with Gasteiger partial charge in [0.25, 0.3) is 0 Å². The molecular formula is C61H80O7. The fraction of sp³-hybridized carbons (Fsp3) is 0.656. The predicted octanol–water partition coefficient (Wildman–Crippen LogP) is 12.6. The van der Waals surface area contributed by atoms with E-state index in [-0.39, 0.29) is 34.4 Å². The number of carbonyl (C=O) groups is 1. The quantitative estimate of drug-likeness (QED) is 0.130. The number of terminal acetylenes is 1. The molecule has 0 amide bonds. The topological polar surface area (TPSA) is 127 Å². The van der Waals surface area contributed by atoms with Crippen molar-refractivity contribution in [2.24, 2.45) is 51.8 Å². The number of aliphatic hydroxyl groups excluding tert-OH is 1. The summed E-state index contributed by atoms with van der Waals surface area (Å²) < 4.78 is 5.98. The summed E-state index contributed by atoms with van der Waals surface area (Å²) in [5, 5.41) is 50.5. The van der Waals surface area contributed by atoms with E-state index >= 15 is 0 Å². The van der Waals surface area contributed by atoms with Gasteiger partial charge in [0.1, 0.15) is 29.0 Å². The number of hydrogen-bond donors (Lipinski definition) is 5. The van der Waals surface area contributed by atoms with Gasteiger partial charge >= 0.3 is 5.97 Å². The molecule has 3 aromatic carbocycles. The largest absolute Gasteiger partial charge is 0.508 e. The highest BCUT2D eigenvalue weighted by Gasteiger charge is 2.61. The summed E-state index contributed by atoms with van der Waals surface area (Å²) in [6.45, 7) is 9.03. The van der Waals surface area contributed by atoms with Crippen molar-refractivity contribution in [1.29, 1.82) is 0 Å². The fourth-order valence-corrected chi connectivity index (χ4v) is 17.6. The van der Waals surface area contributed by atoms with E-state index in [0.717, 1.165) is 95.8 Å². The Morgan fingerprint density at radius 3 is 1.60 bits per heavy atom. The van der Waals surface area contributed by atoms with E-state index in [9.17, 15) is 30.3 Å². The number of phenols is 3. The van der Waals surface area contributed by atoms with Crippen LogP contribution < -0.4 is 0 Å². The van der Waals surface area contributed by atoms with E-state index in [0.29, 0.717) is 71.0 Å². The zero-order chi connectivity index (χ0) is 47.8. The average molecular weight is 925 g/mol. The van der Waals surface area contributed by atoms with Gasteiger partial charge in [0.2, 0.25) is 0 Å². The Morgan fingerprint density at radius 2 is 1.09 bits per heavy atom. The molecule has 0 radical (unpaired) electrons. The van der Waals surface area contributed by atoms with Gasteiger partial charge in [-0.2, -0.15) is 0 Å². The molecule has 0 unspecified atom stereocenters. The number of rotatable bonds is 4. The molecule has 12 rings (SSSR count). The Balaban J connectivity index is 0.000000120. The van der Waals surface area contributed by atoms with E-state index < -0.39 is 5.60 Å². The summed E-state index contributed by atoms with van der Waals surface area (Å²) in [5.74, 6) is 9.68. The molecule has 7 nitrogen and oxygen atoms in total. The minimum absolute atomic E-state index is 0.00492. The van der Waals surface area contributed by atoms with Crippen molar-refractivity contribution in [3.05, 3.63) is 88.0 Å². The maximum atomic E-state index is 12.2. The van der Waals surface area contributed by atoms with Crippen LogP contribution >= 0.6 is 0 Å². The second kappa shape index (κ2) is 18.3. The molecule has 7 heteroatoms. The van der Waals surface area contributed by atoms with Crippen LogP contribution in [0.3, 0.4) is 0 Å². The lowest BCUT2D eigenvalue weighted by molar-refractivity contribution is -0.157. The van der Waals surface area contributed by atoms with E-state index in [1.807, 2.05) is 36.4 Å². The van der Waals surface area contributed by atoms with Gasteiger partial charge < -0.3 is 30.3 Å². The van der Waals surface area contributed by atoms with Crippen molar-refractivity contribution in [3.63, 3.8) is 0 Å². The van der Waals surface area contributed by atoms with Crippen LogP contribution in [0.2, 0.25) is 0 Å². The van der Waals surface area contributed by atoms with Crippen molar-refractivity contribution < 1.29 is 35.1 Å². The highest BCUT2D eigenvalue weighted by Crippen LogP contribution is 2.65. The molecule has 5 N–H and O–H groups in total.